The number of rotatable bonds is 7. The fraction of sp³-hybridized carbons (Fsp3) is 0.643. The normalized spacial score (nSPS) is 22.4. The molecular weight excluding hydrogens is 290 g/mol. The summed E-state index contributed by atoms with van der Waals surface area (Å²) in [6, 6.07) is 2.92. The molecule has 1 saturated carbocycles. The molecule has 2 unspecified atom stereocenters. The molecule has 0 spiro atoms. The molecule has 0 saturated heterocycles. The van der Waals surface area contributed by atoms with Crippen LogP contribution in [0.4, 0.5) is 5.82 Å². The summed E-state index contributed by atoms with van der Waals surface area (Å²) in [5.41, 5.74) is 0. The van der Waals surface area contributed by atoms with Crippen molar-refractivity contribution in [3.05, 3.63) is 18.3 Å². The zero-order valence-electron chi connectivity index (χ0n) is 12.5. The van der Waals surface area contributed by atoms with Crippen LogP contribution in [0.5, 0.6) is 0 Å². The van der Waals surface area contributed by atoms with Gasteiger partial charge in [-0.1, -0.05) is 6.92 Å². The Kier molecular flexibility index (Phi) is 5.55. The molecule has 0 bridgehead atoms. The Labute approximate surface area is 126 Å². The minimum absolute atomic E-state index is 0.0423. The standard InChI is InChI=1S/C14H23N3O3S/c1-3-8-15-14-10-11(7-9-16-14)21(18,19)17-12-5-4-6-13(12)20-2/h7,9-10,12-13,17H,3-6,8H2,1-2H3,(H,15,16). The largest absolute Gasteiger partial charge is 0.380 e. The minimum Gasteiger partial charge on any atom is -0.380 e. The summed E-state index contributed by atoms with van der Waals surface area (Å²) in [5.74, 6) is 0.578. The van der Waals surface area contributed by atoms with Crippen LogP contribution >= 0.6 is 0 Å². The summed E-state index contributed by atoms with van der Waals surface area (Å²) in [5, 5.41) is 3.09. The molecule has 6 nitrogen and oxygen atoms in total. The second-order valence-corrected chi connectivity index (χ2v) is 6.95. The van der Waals surface area contributed by atoms with Crippen molar-refractivity contribution in [2.24, 2.45) is 0 Å². The van der Waals surface area contributed by atoms with Gasteiger partial charge >= 0.3 is 0 Å². The van der Waals surface area contributed by atoms with Gasteiger partial charge in [-0.2, -0.15) is 0 Å². The van der Waals surface area contributed by atoms with E-state index >= 15 is 0 Å². The third-order valence-corrected chi connectivity index (χ3v) is 5.15. The highest BCUT2D eigenvalue weighted by Crippen LogP contribution is 2.23. The lowest BCUT2D eigenvalue weighted by Crippen LogP contribution is -2.40. The molecule has 7 heteroatoms. The third kappa shape index (κ3) is 4.15. The number of ether oxygens (including phenoxy) is 1. The van der Waals surface area contributed by atoms with E-state index in [4.69, 9.17) is 4.74 Å². The van der Waals surface area contributed by atoms with Crippen LogP contribution in [-0.4, -0.2) is 39.2 Å². The van der Waals surface area contributed by atoms with Gasteiger partial charge in [0.05, 0.1) is 11.0 Å². The van der Waals surface area contributed by atoms with Gasteiger partial charge < -0.3 is 10.1 Å². The summed E-state index contributed by atoms with van der Waals surface area (Å²) in [4.78, 5) is 4.36. The van der Waals surface area contributed by atoms with Crippen molar-refractivity contribution in [2.75, 3.05) is 19.0 Å². The van der Waals surface area contributed by atoms with Crippen molar-refractivity contribution in [1.82, 2.24) is 9.71 Å². The van der Waals surface area contributed by atoms with Crippen molar-refractivity contribution in [2.45, 2.75) is 49.6 Å². The first-order valence-electron chi connectivity index (χ1n) is 7.32. The van der Waals surface area contributed by atoms with Crippen molar-refractivity contribution in [1.29, 1.82) is 0 Å². The van der Waals surface area contributed by atoms with E-state index in [1.54, 1.807) is 13.2 Å². The van der Waals surface area contributed by atoms with Crippen molar-refractivity contribution in [3.63, 3.8) is 0 Å². The van der Waals surface area contributed by atoms with E-state index in [-0.39, 0.29) is 17.0 Å². The lowest BCUT2D eigenvalue weighted by molar-refractivity contribution is 0.0916. The molecule has 1 fully saturated rings. The maximum Gasteiger partial charge on any atom is 0.241 e. The first kappa shape index (κ1) is 16.2. The SMILES string of the molecule is CCCNc1cc(S(=O)(=O)NC2CCCC2OC)ccn1. The van der Waals surface area contributed by atoms with Gasteiger partial charge in [-0.15, -0.1) is 0 Å². The fourth-order valence-electron chi connectivity index (χ4n) is 2.54. The molecule has 2 rings (SSSR count). The second kappa shape index (κ2) is 7.20. The monoisotopic (exact) mass is 313 g/mol. The first-order valence-corrected chi connectivity index (χ1v) is 8.80. The van der Waals surface area contributed by atoms with E-state index in [1.165, 1.54) is 12.3 Å². The molecule has 1 aliphatic carbocycles. The van der Waals surface area contributed by atoms with Crippen LogP contribution in [0.1, 0.15) is 32.6 Å². The highest BCUT2D eigenvalue weighted by Gasteiger charge is 2.31. The van der Waals surface area contributed by atoms with E-state index in [2.05, 4.69) is 15.0 Å². The lowest BCUT2D eigenvalue weighted by Gasteiger charge is -2.19. The van der Waals surface area contributed by atoms with Crippen molar-refractivity contribution in [3.8, 4) is 0 Å². The molecule has 1 aliphatic rings. The Balaban J connectivity index is 2.11. The Hall–Kier alpha value is -1.18. The van der Waals surface area contributed by atoms with Gasteiger partial charge in [0.15, 0.2) is 0 Å². The van der Waals surface area contributed by atoms with Crippen LogP contribution in [0, 0.1) is 0 Å². The molecule has 0 aromatic carbocycles. The lowest BCUT2D eigenvalue weighted by atomic mass is 10.2. The van der Waals surface area contributed by atoms with Crippen LogP contribution in [0.15, 0.2) is 23.2 Å². The fourth-order valence-corrected chi connectivity index (χ4v) is 3.85. The van der Waals surface area contributed by atoms with Crippen LogP contribution in [0.2, 0.25) is 0 Å². The maximum absolute atomic E-state index is 12.5. The highest BCUT2D eigenvalue weighted by molar-refractivity contribution is 7.89. The number of methoxy groups -OCH3 is 1. The number of hydrogen-bond acceptors (Lipinski definition) is 5. The van der Waals surface area contributed by atoms with Gasteiger partial charge in [-0.25, -0.2) is 18.1 Å². The molecule has 1 aromatic heterocycles. The quantitative estimate of drug-likeness (QED) is 0.801. The molecule has 21 heavy (non-hydrogen) atoms. The summed E-state index contributed by atoms with van der Waals surface area (Å²) in [7, 11) is -1.92. The Morgan fingerprint density at radius 3 is 2.95 bits per heavy atom. The maximum atomic E-state index is 12.5. The smallest absolute Gasteiger partial charge is 0.241 e. The highest BCUT2D eigenvalue weighted by atomic mass is 32.2. The molecular formula is C14H23N3O3S. The van der Waals surface area contributed by atoms with E-state index in [0.29, 0.717) is 5.82 Å². The number of nitrogens with zero attached hydrogens (tertiary/aromatic N) is 1. The van der Waals surface area contributed by atoms with Crippen molar-refractivity contribution >= 4 is 15.8 Å². The Morgan fingerprint density at radius 1 is 1.43 bits per heavy atom. The number of aromatic nitrogens is 1. The van der Waals surface area contributed by atoms with Crippen LogP contribution in [0.25, 0.3) is 0 Å². The Bertz CT molecular complexity index is 562. The summed E-state index contributed by atoms with van der Waals surface area (Å²) in [6.45, 7) is 2.80. The molecule has 0 amide bonds. The number of pyridine rings is 1. The molecule has 2 N–H and O–H groups in total. The van der Waals surface area contributed by atoms with Crippen LogP contribution in [0.3, 0.4) is 0 Å². The first-order chi connectivity index (χ1) is 10.1. The number of hydrogen-bond donors (Lipinski definition) is 2. The summed E-state index contributed by atoms with van der Waals surface area (Å²) < 4.78 is 33.0. The van der Waals surface area contributed by atoms with E-state index in [0.717, 1.165) is 32.2 Å². The average molecular weight is 313 g/mol. The zero-order valence-corrected chi connectivity index (χ0v) is 13.3. The zero-order chi connectivity index (χ0) is 15.3. The number of nitrogens with one attached hydrogen (secondary N) is 2. The molecule has 118 valence electrons. The van der Waals surface area contributed by atoms with Gasteiger partial charge in [0, 0.05) is 32.0 Å². The molecule has 1 aromatic rings. The average Bonchev–Trinajstić information content (AvgIpc) is 2.92. The molecule has 0 radical (unpaired) electrons. The van der Waals surface area contributed by atoms with Crippen LogP contribution < -0.4 is 10.0 Å². The number of sulfonamides is 1. The van der Waals surface area contributed by atoms with Gasteiger partial charge in [-0.05, 0) is 31.7 Å². The third-order valence-electron chi connectivity index (χ3n) is 3.66. The second-order valence-electron chi connectivity index (χ2n) is 5.24. The van der Waals surface area contributed by atoms with Gasteiger partial charge in [0.2, 0.25) is 10.0 Å². The molecule has 2 atom stereocenters. The Morgan fingerprint density at radius 2 is 2.24 bits per heavy atom. The van der Waals surface area contributed by atoms with Crippen LogP contribution in [-0.2, 0) is 14.8 Å². The summed E-state index contributed by atoms with van der Waals surface area (Å²) >= 11 is 0. The topological polar surface area (TPSA) is 80.3 Å². The van der Waals surface area contributed by atoms with Crippen molar-refractivity contribution < 1.29 is 13.2 Å². The predicted octanol–water partition coefficient (Wildman–Crippen LogP) is 1.75. The van der Waals surface area contributed by atoms with Gasteiger partial charge in [0.25, 0.3) is 0 Å². The van der Waals surface area contributed by atoms with E-state index in [1.807, 2.05) is 6.92 Å². The van der Waals surface area contributed by atoms with E-state index in [9.17, 15) is 8.42 Å². The van der Waals surface area contributed by atoms with Gasteiger partial charge in [0.1, 0.15) is 5.82 Å². The minimum atomic E-state index is -3.54. The number of anilines is 1. The molecule has 1 heterocycles. The van der Waals surface area contributed by atoms with Gasteiger partial charge in [-0.3, -0.25) is 0 Å². The predicted molar refractivity (Wildman–Crippen MR) is 81.8 cm³/mol. The van der Waals surface area contributed by atoms with E-state index < -0.39 is 10.0 Å². The molecule has 0 aliphatic heterocycles. The summed E-state index contributed by atoms with van der Waals surface area (Å²) in [6.07, 6.45) is 5.10.